The lowest BCUT2D eigenvalue weighted by Crippen LogP contribution is -2.35. The Morgan fingerprint density at radius 2 is 2.10 bits per heavy atom. The van der Waals surface area contributed by atoms with Gasteiger partial charge in [0.1, 0.15) is 4.92 Å². The molecule has 1 amide bonds. The molecule has 2 heterocycles. The van der Waals surface area contributed by atoms with Gasteiger partial charge in [0.05, 0.1) is 6.07 Å². The number of fused-ring (bicyclic) bond motifs is 1. The SMILES string of the molecule is CC1Cc2ccccc2N1C(=O)c1ccc([N+](=O)[O-])o1. The lowest BCUT2D eigenvalue weighted by atomic mass is 10.1. The highest BCUT2D eigenvalue weighted by molar-refractivity contribution is 6.06. The second-order valence-corrected chi connectivity index (χ2v) is 4.75. The molecule has 0 saturated heterocycles. The minimum Gasteiger partial charge on any atom is -0.395 e. The van der Waals surface area contributed by atoms with Gasteiger partial charge in [0, 0.05) is 11.7 Å². The van der Waals surface area contributed by atoms with E-state index in [9.17, 15) is 14.9 Å². The van der Waals surface area contributed by atoms with Gasteiger partial charge < -0.3 is 9.32 Å². The molecule has 0 radical (unpaired) electrons. The molecule has 1 aliphatic heterocycles. The molecule has 20 heavy (non-hydrogen) atoms. The van der Waals surface area contributed by atoms with Crippen LogP contribution in [0.15, 0.2) is 40.8 Å². The van der Waals surface area contributed by atoms with Crippen molar-refractivity contribution < 1.29 is 14.1 Å². The van der Waals surface area contributed by atoms with Gasteiger partial charge in [-0.15, -0.1) is 0 Å². The number of hydrogen-bond acceptors (Lipinski definition) is 4. The highest BCUT2D eigenvalue weighted by atomic mass is 16.6. The van der Waals surface area contributed by atoms with Gasteiger partial charge in [-0.3, -0.25) is 14.9 Å². The summed E-state index contributed by atoms with van der Waals surface area (Å²) >= 11 is 0. The predicted octanol–water partition coefficient (Wildman–Crippen LogP) is 2.78. The van der Waals surface area contributed by atoms with E-state index in [1.54, 1.807) is 4.90 Å². The van der Waals surface area contributed by atoms with Crippen LogP contribution in [0, 0.1) is 10.1 Å². The van der Waals surface area contributed by atoms with Crippen LogP contribution in [0.25, 0.3) is 0 Å². The van der Waals surface area contributed by atoms with Gasteiger partial charge in [-0.1, -0.05) is 18.2 Å². The number of para-hydroxylation sites is 1. The first-order valence-electron chi connectivity index (χ1n) is 6.23. The molecule has 0 fully saturated rings. The zero-order valence-electron chi connectivity index (χ0n) is 10.8. The Balaban J connectivity index is 1.96. The molecular formula is C14H12N2O4. The van der Waals surface area contributed by atoms with Crippen molar-refractivity contribution in [1.29, 1.82) is 0 Å². The lowest BCUT2D eigenvalue weighted by Gasteiger charge is -2.21. The zero-order valence-corrected chi connectivity index (χ0v) is 10.8. The molecule has 0 aliphatic carbocycles. The Kier molecular flexibility index (Phi) is 2.78. The third-order valence-electron chi connectivity index (χ3n) is 3.41. The zero-order chi connectivity index (χ0) is 14.3. The second kappa shape index (κ2) is 4.48. The molecule has 3 rings (SSSR count). The molecule has 1 aliphatic rings. The summed E-state index contributed by atoms with van der Waals surface area (Å²) in [6.07, 6.45) is 0.769. The molecule has 1 aromatic heterocycles. The first kappa shape index (κ1) is 12.4. The van der Waals surface area contributed by atoms with E-state index in [-0.39, 0.29) is 17.7 Å². The number of rotatable bonds is 2. The summed E-state index contributed by atoms with van der Waals surface area (Å²) in [5.74, 6) is -0.788. The standard InChI is InChI=1S/C14H12N2O4/c1-9-8-10-4-2-3-5-11(10)15(9)14(17)12-6-7-13(20-12)16(18)19/h2-7,9H,8H2,1H3. The molecule has 102 valence electrons. The van der Waals surface area contributed by atoms with Crippen LogP contribution in [-0.4, -0.2) is 16.9 Å². The van der Waals surface area contributed by atoms with Gasteiger partial charge in [0.25, 0.3) is 5.91 Å². The van der Waals surface area contributed by atoms with Crippen molar-refractivity contribution in [3.8, 4) is 0 Å². The van der Waals surface area contributed by atoms with Crippen LogP contribution in [0.5, 0.6) is 0 Å². The summed E-state index contributed by atoms with van der Waals surface area (Å²) < 4.78 is 4.99. The van der Waals surface area contributed by atoms with E-state index in [1.165, 1.54) is 12.1 Å². The number of anilines is 1. The summed E-state index contributed by atoms with van der Waals surface area (Å²) in [5, 5.41) is 10.6. The van der Waals surface area contributed by atoms with E-state index in [4.69, 9.17) is 4.42 Å². The van der Waals surface area contributed by atoms with Crippen LogP contribution in [0.3, 0.4) is 0 Å². The number of carbonyl (C=O) groups excluding carboxylic acids is 1. The number of nitro groups is 1. The summed E-state index contributed by atoms with van der Waals surface area (Å²) in [7, 11) is 0. The van der Waals surface area contributed by atoms with E-state index in [0.717, 1.165) is 17.7 Å². The van der Waals surface area contributed by atoms with Crippen molar-refractivity contribution in [2.45, 2.75) is 19.4 Å². The first-order chi connectivity index (χ1) is 9.58. The van der Waals surface area contributed by atoms with Gasteiger partial charge >= 0.3 is 5.88 Å². The van der Waals surface area contributed by atoms with Crippen molar-refractivity contribution in [1.82, 2.24) is 0 Å². The maximum absolute atomic E-state index is 12.5. The van der Waals surface area contributed by atoms with Gasteiger partial charge in [0.2, 0.25) is 0 Å². The fourth-order valence-electron chi connectivity index (χ4n) is 2.53. The Morgan fingerprint density at radius 1 is 1.35 bits per heavy atom. The molecule has 6 heteroatoms. The monoisotopic (exact) mass is 272 g/mol. The Morgan fingerprint density at radius 3 is 2.80 bits per heavy atom. The Hall–Kier alpha value is -2.63. The van der Waals surface area contributed by atoms with Crippen molar-refractivity contribution in [2.75, 3.05) is 4.90 Å². The second-order valence-electron chi connectivity index (χ2n) is 4.75. The smallest absolute Gasteiger partial charge is 0.395 e. The molecule has 6 nitrogen and oxygen atoms in total. The van der Waals surface area contributed by atoms with E-state index < -0.39 is 10.8 Å². The molecular weight excluding hydrogens is 260 g/mol. The maximum atomic E-state index is 12.5. The van der Waals surface area contributed by atoms with Crippen LogP contribution in [0.1, 0.15) is 23.0 Å². The third-order valence-corrected chi connectivity index (χ3v) is 3.41. The van der Waals surface area contributed by atoms with Gasteiger partial charge in [-0.2, -0.15) is 0 Å². The van der Waals surface area contributed by atoms with Crippen molar-refractivity contribution in [3.05, 3.63) is 57.8 Å². The normalized spacial score (nSPS) is 17.1. The maximum Gasteiger partial charge on any atom is 0.433 e. The highest BCUT2D eigenvalue weighted by Gasteiger charge is 2.33. The minimum absolute atomic E-state index is 0.00376. The van der Waals surface area contributed by atoms with Gasteiger partial charge in [-0.25, -0.2) is 0 Å². The van der Waals surface area contributed by atoms with E-state index in [1.807, 2.05) is 31.2 Å². The van der Waals surface area contributed by atoms with Gasteiger partial charge in [0.15, 0.2) is 5.76 Å². The van der Waals surface area contributed by atoms with Crippen LogP contribution in [0.4, 0.5) is 11.6 Å². The number of amides is 1. The minimum atomic E-state index is -0.655. The average molecular weight is 272 g/mol. The summed E-state index contributed by atoms with van der Waals surface area (Å²) in [5.41, 5.74) is 1.93. The van der Waals surface area contributed by atoms with Crippen molar-refractivity contribution in [3.63, 3.8) is 0 Å². The fourth-order valence-corrected chi connectivity index (χ4v) is 2.53. The number of benzene rings is 1. The largest absolute Gasteiger partial charge is 0.433 e. The average Bonchev–Trinajstić information content (AvgIpc) is 3.01. The first-order valence-corrected chi connectivity index (χ1v) is 6.23. The Labute approximate surface area is 114 Å². The third kappa shape index (κ3) is 1.85. The Bertz CT molecular complexity index is 692. The van der Waals surface area contributed by atoms with Crippen LogP contribution in [0.2, 0.25) is 0 Å². The summed E-state index contributed by atoms with van der Waals surface area (Å²) in [6, 6.07) is 10.2. The predicted molar refractivity (Wildman–Crippen MR) is 71.8 cm³/mol. The number of furan rings is 1. The van der Waals surface area contributed by atoms with Crippen molar-refractivity contribution >= 4 is 17.5 Å². The highest BCUT2D eigenvalue weighted by Crippen LogP contribution is 2.33. The topological polar surface area (TPSA) is 76.6 Å². The summed E-state index contributed by atoms with van der Waals surface area (Å²) in [6.45, 7) is 1.94. The number of carbonyl (C=O) groups is 1. The molecule has 2 aromatic rings. The van der Waals surface area contributed by atoms with Crippen LogP contribution < -0.4 is 4.90 Å². The van der Waals surface area contributed by atoms with Gasteiger partial charge in [-0.05, 0) is 31.0 Å². The molecule has 0 saturated carbocycles. The number of nitrogens with zero attached hydrogens (tertiary/aromatic N) is 2. The molecule has 0 spiro atoms. The van der Waals surface area contributed by atoms with E-state index in [2.05, 4.69) is 0 Å². The van der Waals surface area contributed by atoms with Crippen LogP contribution >= 0.6 is 0 Å². The fraction of sp³-hybridized carbons (Fsp3) is 0.214. The molecule has 1 aromatic carbocycles. The van der Waals surface area contributed by atoms with Crippen molar-refractivity contribution in [2.24, 2.45) is 0 Å². The molecule has 1 unspecified atom stereocenters. The van der Waals surface area contributed by atoms with E-state index in [0.29, 0.717) is 0 Å². The molecule has 1 atom stereocenters. The lowest BCUT2D eigenvalue weighted by molar-refractivity contribution is -0.402. The number of hydrogen-bond donors (Lipinski definition) is 0. The quantitative estimate of drug-likeness (QED) is 0.622. The summed E-state index contributed by atoms with van der Waals surface area (Å²) in [4.78, 5) is 24.0. The molecule has 0 bridgehead atoms. The van der Waals surface area contributed by atoms with E-state index >= 15 is 0 Å². The molecule has 0 N–H and O–H groups in total. The van der Waals surface area contributed by atoms with Crippen LogP contribution in [-0.2, 0) is 6.42 Å².